The summed E-state index contributed by atoms with van der Waals surface area (Å²) in [6.45, 7) is 5.38. The lowest BCUT2D eigenvalue weighted by atomic mass is 9.97. The average Bonchev–Trinajstić information content (AvgIpc) is 2.15. The Morgan fingerprint density at radius 3 is 2.73 bits per heavy atom. The van der Waals surface area contributed by atoms with Crippen molar-refractivity contribution in [2.75, 3.05) is 33.7 Å². The number of aliphatic hydroxyl groups is 1. The van der Waals surface area contributed by atoms with E-state index < -0.39 is 0 Å². The molecule has 0 saturated carbocycles. The van der Waals surface area contributed by atoms with Crippen LogP contribution in [-0.2, 0) is 0 Å². The third-order valence-corrected chi connectivity index (χ3v) is 3.20. The van der Waals surface area contributed by atoms with Crippen molar-refractivity contribution in [1.82, 2.24) is 9.80 Å². The fourth-order valence-corrected chi connectivity index (χ4v) is 2.34. The molecule has 0 aromatic carbocycles. The van der Waals surface area contributed by atoms with Crippen LogP contribution in [0.2, 0.25) is 0 Å². The van der Waals surface area contributed by atoms with E-state index in [-0.39, 0.29) is 6.10 Å². The number of nitrogens with zero attached hydrogens (tertiary/aromatic N) is 2. The van der Waals surface area contributed by atoms with Crippen LogP contribution in [0.25, 0.3) is 0 Å². The van der Waals surface area contributed by atoms with E-state index in [0.717, 1.165) is 19.5 Å². The summed E-state index contributed by atoms with van der Waals surface area (Å²) < 4.78 is 0. The maximum Gasteiger partial charge on any atom is 0.0527 e. The molecule has 1 saturated heterocycles. The lowest BCUT2D eigenvalue weighted by molar-refractivity contribution is 0.0821. The van der Waals surface area contributed by atoms with Crippen LogP contribution in [0.15, 0.2) is 0 Å². The van der Waals surface area contributed by atoms with Crippen molar-refractivity contribution in [2.45, 2.75) is 44.8 Å². The highest BCUT2D eigenvalue weighted by atomic mass is 16.3. The number of piperidine rings is 1. The van der Waals surface area contributed by atoms with Crippen LogP contribution in [0.1, 0.15) is 32.6 Å². The van der Waals surface area contributed by atoms with E-state index in [0.29, 0.717) is 6.04 Å². The van der Waals surface area contributed by atoms with Crippen molar-refractivity contribution < 1.29 is 5.11 Å². The van der Waals surface area contributed by atoms with Crippen LogP contribution in [0.5, 0.6) is 0 Å². The van der Waals surface area contributed by atoms with Gasteiger partial charge in [0.1, 0.15) is 0 Å². The summed E-state index contributed by atoms with van der Waals surface area (Å²) in [4.78, 5) is 4.78. The van der Waals surface area contributed by atoms with Gasteiger partial charge in [0.05, 0.1) is 6.10 Å². The van der Waals surface area contributed by atoms with Crippen molar-refractivity contribution >= 4 is 0 Å². The molecule has 0 aromatic heterocycles. The number of aliphatic hydroxyl groups excluding tert-OH is 1. The number of likely N-dealkylation sites (tertiary alicyclic amines) is 1. The molecule has 2 unspecified atom stereocenters. The Morgan fingerprint density at radius 1 is 1.40 bits per heavy atom. The fourth-order valence-electron chi connectivity index (χ4n) is 2.34. The Morgan fingerprint density at radius 2 is 2.13 bits per heavy atom. The molecule has 2 atom stereocenters. The molecule has 1 rings (SSSR count). The largest absolute Gasteiger partial charge is 0.393 e. The monoisotopic (exact) mass is 214 g/mol. The van der Waals surface area contributed by atoms with Gasteiger partial charge in [-0.3, -0.25) is 4.90 Å². The normalized spacial score (nSPS) is 25.8. The van der Waals surface area contributed by atoms with Crippen LogP contribution < -0.4 is 0 Å². The second-order valence-corrected chi connectivity index (χ2v) is 5.07. The predicted octanol–water partition coefficient (Wildman–Crippen LogP) is 1.17. The lowest BCUT2D eigenvalue weighted by Crippen LogP contribution is -2.44. The van der Waals surface area contributed by atoms with Gasteiger partial charge in [0, 0.05) is 19.1 Å². The predicted molar refractivity (Wildman–Crippen MR) is 64.1 cm³/mol. The van der Waals surface area contributed by atoms with Gasteiger partial charge in [-0.1, -0.05) is 6.42 Å². The number of hydrogen-bond donors (Lipinski definition) is 1. The molecule has 3 nitrogen and oxygen atoms in total. The first-order chi connectivity index (χ1) is 7.09. The molecule has 90 valence electrons. The van der Waals surface area contributed by atoms with Gasteiger partial charge < -0.3 is 10.0 Å². The number of rotatable bonds is 5. The molecule has 0 spiro atoms. The van der Waals surface area contributed by atoms with E-state index >= 15 is 0 Å². The first-order valence-corrected chi connectivity index (χ1v) is 6.16. The zero-order valence-electron chi connectivity index (χ0n) is 10.4. The molecule has 1 N–H and O–H groups in total. The third kappa shape index (κ3) is 4.96. The van der Waals surface area contributed by atoms with Gasteiger partial charge in [-0.05, 0) is 46.8 Å². The molecular weight excluding hydrogens is 188 g/mol. The average molecular weight is 214 g/mol. The molecule has 3 heteroatoms. The van der Waals surface area contributed by atoms with Crippen molar-refractivity contribution in [3.8, 4) is 0 Å². The molecule has 1 aliphatic heterocycles. The van der Waals surface area contributed by atoms with Gasteiger partial charge in [0.25, 0.3) is 0 Å². The second-order valence-electron chi connectivity index (χ2n) is 5.07. The van der Waals surface area contributed by atoms with Gasteiger partial charge in [-0.2, -0.15) is 0 Å². The molecule has 1 aliphatic rings. The summed E-state index contributed by atoms with van der Waals surface area (Å²) in [6, 6.07) is 0.610. The van der Waals surface area contributed by atoms with Crippen LogP contribution in [0, 0.1) is 0 Å². The van der Waals surface area contributed by atoms with E-state index in [1.165, 1.54) is 25.8 Å². The molecule has 0 radical (unpaired) electrons. The van der Waals surface area contributed by atoms with Crippen LogP contribution in [0.3, 0.4) is 0 Å². The standard InChI is InChI=1S/C12H26N2O/c1-11(15)10-12-6-4-5-7-14(12)9-8-13(2)3/h11-12,15H,4-10H2,1-3H3. The zero-order valence-corrected chi connectivity index (χ0v) is 10.4. The van der Waals surface area contributed by atoms with Crippen LogP contribution in [-0.4, -0.2) is 60.8 Å². The van der Waals surface area contributed by atoms with Gasteiger partial charge in [0.15, 0.2) is 0 Å². The van der Waals surface area contributed by atoms with Gasteiger partial charge in [-0.25, -0.2) is 0 Å². The highest BCUT2D eigenvalue weighted by Crippen LogP contribution is 2.20. The summed E-state index contributed by atoms with van der Waals surface area (Å²) in [6.07, 6.45) is 4.70. The van der Waals surface area contributed by atoms with Crippen molar-refractivity contribution in [3.63, 3.8) is 0 Å². The van der Waals surface area contributed by atoms with E-state index in [1.807, 2.05) is 6.92 Å². The Labute approximate surface area is 94.1 Å². The minimum absolute atomic E-state index is 0.157. The van der Waals surface area contributed by atoms with Crippen molar-refractivity contribution in [1.29, 1.82) is 0 Å². The van der Waals surface area contributed by atoms with Gasteiger partial charge in [-0.15, -0.1) is 0 Å². The molecule has 0 aromatic rings. The van der Waals surface area contributed by atoms with E-state index in [9.17, 15) is 5.11 Å². The summed E-state index contributed by atoms with van der Waals surface area (Å²) in [5.41, 5.74) is 0. The smallest absolute Gasteiger partial charge is 0.0527 e. The quantitative estimate of drug-likeness (QED) is 0.744. The Hall–Kier alpha value is -0.120. The molecular formula is C12H26N2O. The van der Waals surface area contributed by atoms with Crippen molar-refractivity contribution in [3.05, 3.63) is 0 Å². The summed E-state index contributed by atoms with van der Waals surface area (Å²) >= 11 is 0. The minimum Gasteiger partial charge on any atom is -0.393 e. The second kappa shape index (κ2) is 6.46. The summed E-state index contributed by atoms with van der Waals surface area (Å²) in [5, 5.41) is 9.46. The maximum absolute atomic E-state index is 9.46. The zero-order chi connectivity index (χ0) is 11.3. The van der Waals surface area contributed by atoms with Gasteiger partial charge in [0.2, 0.25) is 0 Å². The Bertz CT molecular complexity index is 171. The minimum atomic E-state index is -0.157. The highest BCUT2D eigenvalue weighted by molar-refractivity contribution is 4.78. The highest BCUT2D eigenvalue weighted by Gasteiger charge is 2.22. The van der Waals surface area contributed by atoms with E-state index in [2.05, 4.69) is 23.9 Å². The molecule has 0 amide bonds. The number of hydrogen-bond acceptors (Lipinski definition) is 3. The fraction of sp³-hybridized carbons (Fsp3) is 1.00. The Balaban J connectivity index is 2.35. The van der Waals surface area contributed by atoms with E-state index in [4.69, 9.17) is 0 Å². The molecule has 1 heterocycles. The van der Waals surface area contributed by atoms with Crippen molar-refractivity contribution in [2.24, 2.45) is 0 Å². The molecule has 15 heavy (non-hydrogen) atoms. The van der Waals surface area contributed by atoms with Crippen LogP contribution in [0.4, 0.5) is 0 Å². The summed E-state index contributed by atoms with van der Waals surface area (Å²) in [5.74, 6) is 0. The molecule has 0 aliphatic carbocycles. The number of likely N-dealkylation sites (N-methyl/N-ethyl adjacent to an activating group) is 1. The maximum atomic E-state index is 9.46. The first-order valence-electron chi connectivity index (χ1n) is 6.16. The third-order valence-electron chi connectivity index (χ3n) is 3.20. The molecule has 0 bridgehead atoms. The molecule has 1 fully saturated rings. The Kier molecular flexibility index (Phi) is 5.58. The van der Waals surface area contributed by atoms with E-state index in [1.54, 1.807) is 0 Å². The SMILES string of the molecule is CC(O)CC1CCCCN1CCN(C)C. The summed E-state index contributed by atoms with van der Waals surface area (Å²) in [7, 11) is 4.24. The van der Waals surface area contributed by atoms with Crippen LogP contribution >= 0.6 is 0 Å². The lowest BCUT2D eigenvalue weighted by Gasteiger charge is -2.37. The topological polar surface area (TPSA) is 26.7 Å². The first kappa shape index (κ1) is 12.9. The van der Waals surface area contributed by atoms with Gasteiger partial charge >= 0.3 is 0 Å².